The lowest BCUT2D eigenvalue weighted by atomic mass is 9.99. The molecule has 2 N–H and O–H groups in total. The highest BCUT2D eigenvalue weighted by atomic mass is 15.2. The lowest BCUT2D eigenvalue weighted by molar-refractivity contribution is 0.109. The predicted molar refractivity (Wildman–Crippen MR) is 74.3 cm³/mol. The van der Waals surface area contributed by atoms with E-state index < -0.39 is 0 Å². The van der Waals surface area contributed by atoms with E-state index in [-0.39, 0.29) is 0 Å². The van der Waals surface area contributed by atoms with Crippen LogP contribution in [0.1, 0.15) is 24.4 Å². The Morgan fingerprint density at radius 1 is 1.39 bits per heavy atom. The van der Waals surface area contributed by atoms with Gasteiger partial charge in [0, 0.05) is 31.0 Å². The molecule has 1 aromatic heterocycles. The van der Waals surface area contributed by atoms with Gasteiger partial charge in [-0.25, -0.2) is 0 Å². The largest absolute Gasteiger partial charge is 0.329 e. The minimum absolute atomic E-state index is 0.307. The molecule has 2 rings (SSSR count). The molecule has 1 unspecified atom stereocenters. The van der Waals surface area contributed by atoms with Crippen molar-refractivity contribution in [2.45, 2.75) is 24.9 Å². The lowest BCUT2D eigenvalue weighted by Gasteiger charge is -2.39. The summed E-state index contributed by atoms with van der Waals surface area (Å²) < 4.78 is 0. The van der Waals surface area contributed by atoms with Crippen molar-refractivity contribution >= 4 is 0 Å². The Kier molecular flexibility index (Phi) is 4.69. The molecule has 1 aromatic rings. The van der Waals surface area contributed by atoms with E-state index in [1.807, 2.05) is 12.4 Å². The first kappa shape index (κ1) is 13.5. The monoisotopic (exact) mass is 248 g/mol. The molecule has 0 bridgehead atoms. The third kappa shape index (κ3) is 3.07. The van der Waals surface area contributed by atoms with Crippen LogP contribution in [0.15, 0.2) is 24.5 Å². The molecular weight excluding hydrogens is 224 g/mol. The van der Waals surface area contributed by atoms with Crippen molar-refractivity contribution in [3.8, 4) is 0 Å². The van der Waals surface area contributed by atoms with E-state index in [0.717, 1.165) is 0 Å². The van der Waals surface area contributed by atoms with Crippen LogP contribution < -0.4 is 5.73 Å². The van der Waals surface area contributed by atoms with Gasteiger partial charge in [0.25, 0.3) is 0 Å². The third-order valence-corrected chi connectivity index (χ3v) is 4.07. The maximum Gasteiger partial charge on any atom is 0.0471 e. The maximum atomic E-state index is 5.97. The number of nitrogens with two attached hydrogens (primary N) is 1. The van der Waals surface area contributed by atoms with Gasteiger partial charge in [-0.05, 0) is 57.7 Å². The summed E-state index contributed by atoms with van der Waals surface area (Å²) in [6.07, 6.45) is 6.16. The predicted octanol–water partition coefficient (Wildman–Crippen LogP) is 1.11. The second-order valence-electron chi connectivity index (χ2n) is 5.23. The molecular formula is C14H24N4. The van der Waals surface area contributed by atoms with Gasteiger partial charge in [-0.15, -0.1) is 0 Å². The first-order valence-corrected chi connectivity index (χ1v) is 6.73. The highest BCUT2D eigenvalue weighted by molar-refractivity contribution is 5.15. The number of nitrogens with zero attached hydrogens (tertiary/aromatic N) is 3. The van der Waals surface area contributed by atoms with Crippen molar-refractivity contribution in [2.75, 3.05) is 33.7 Å². The van der Waals surface area contributed by atoms with Gasteiger partial charge in [-0.3, -0.25) is 9.88 Å². The van der Waals surface area contributed by atoms with Gasteiger partial charge in [0.2, 0.25) is 0 Å². The van der Waals surface area contributed by atoms with Crippen LogP contribution in [0, 0.1) is 0 Å². The highest BCUT2D eigenvalue weighted by Gasteiger charge is 2.25. The van der Waals surface area contributed by atoms with Gasteiger partial charge >= 0.3 is 0 Å². The fraction of sp³-hybridized carbons (Fsp3) is 0.643. The van der Waals surface area contributed by atoms with Crippen LogP contribution in [0.3, 0.4) is 0 Å². The molecule has 1 aliphatic heterocycles. The number of aromatic nitrogens is 1. The van der Waals surface area contributed by atoms with Crippen LogP contribution in [0.2, 0.25) is 0 Å². The Morgan fingerprint density at radius 3 is 2.56 bits per heavy atom. The minimum Gasteiger partial charge on any atom is -0.329 e. The van der Waals surface area contributed by atoms with Crippen LogP contribution >= 0.6 is 0 Å². The molecule has 0 radical (unpaired) electrons. The van der Waals surface area contributed by atoms with Crippen LogP contribution in [-0.4, -0.2) is 54.6 Å². The topological polar surface area (TPSA) is 45.4 Å². The summed E-state index contributed by atoms with van der Waals surface area (Å²) in [6.45, 7) is 3.03. The summed E-state index contributed by atoms with van der Waals surface area (Å²) in [5.74, 6) is 0. The molecule has 0 amide bonds. The minimum atomic E-state index is 0.307. The van der Waals surface area contributed by atoms with Crippen molar-refractivity contribution in [2.24, 2.45) is 5.73 Å². The molecule has 1 fully saturated rings. The molecule has 4 nitrogen and oxygen atoms in total. The summed E-state index contributed by atoms with van der Waals surface area (Å²) in [5, 5.41) is 0. The molecule has 4 heteroatoms. The van der Waals surface area contributed by atoms with Gasteiger partial charge in [0.05, 0.1) is 0 Å². The fourth-order valence-corrected chi connectivity index (χ4v) is 2.78. The first-order chi connectivity index (χ1) is 8.72. The van der Waals surface area contributed by atoms with Crippen LogP contribution in [0.5, 0.6) is 0 Å². The zero-order valence-corrected chi connectivity index (χ0v) is 11.4. The molecule has 2 heterocycles. The quantitative estimate of drug-likeness (QED) is 0.867. The molecule has 1 saturated heterocycles. The summed E-state index contributed by atoms with van der Waals surface area (Å²) in [5.41, 5.74) is 7.24. The zero-order chi connectivity index (χ0) is 13.0. The highest BCUT2D eigenvalue weighted by Crippen LogP contribution is 2.24. The Balaban J connectivity index is 2.04. The second-order valence-corrected chi connectivity index (χ2v) is 5.23. The van der Waals surface area contributed by atoms with Gasteiger partial charge in [0.15, 0.2) is 0 Å². The molecule has 0 aliphatic carbocycles. The number of pyridine rings is 1. The Labute approximate surface area is 110 Å². The molecule has 100 valence electrons. The smallest absolute Gasteiger partial charge is 0.0471 e. The van der Waals surface area contributed by atoms with E-state index in [1.54, 1.807) is 0 Å². The van der Waals surface area contributed by atoms with E-state index >= 15 is 0 Å². The molecule has 1 aliphatic rings. The van der Waals surface area contributed by atoms with Crippen molar-refractivity contribution in [3.05, 3.63) is 30.1 Å². The average molecular weight is 248 g/mol. The molecule has 0 aromatic carbocycles. The number of rotatable bonds is 4. The summed E-state index contributed by atoms with van der Waals surface area (Å²) >= 11 is 0. The van der Waals surface area contributed by atoms with E-state index in [9.17, 15) is 0 Å². The lowest BCUT2D eigenvalue weighted by Crippen LogP contribution is -2.45. The number of piperidine rings is 1. The number of hydrogen-bond acceptors (Lipinski definition) is 4. The molecule has 1 atom stereocenters. The van der Waals surface area contributed by atoms with Crippen molar-refractivity contribution in [3.63, 3.8) is 0 Å². The Hall–Kier alpha value is -0.970. The van der Waals surface area contributed by atoms with Crippen molar-refractivity contribution in [1.82, 2.24) is 14.8 Å². The maximum absolute atomic E-state index is 5.97. The molecule has 0 spiro atoms. The Morgan fingerprint density at radius 2 is 2.00 bits per heavy atom. The van der Waals surface area contributed by atoms with E-state index in [4.69, 9.17) is 5.73 Å². The summed E-state index contributed by atoms with van der Waals surface area (Å²) in [6, 6.07) is 5.09. The molecule has 18 heavy (non-hydrogen) atoms. The Bertz CT molecular complexity index is 346. The van der Waals surface area contributed by atoms with E-state index in [2.05, 4.69) is 41.0 Å². The van der Waals surface area contributed by atoms with Crippen LogP contribution in [0.25, 0.3) is 0 Å². The van der Waals surface area contributed by atoms with Gasteiger partial charge in [0.1, 0.15) is 0 Å². The van der Waals surface area contributed by atoms with Gasteiger partial charge < -0.3 is 10.6 Å². The fourth-order valence-electron chi connectivity index (χ4n) is 2.78. The SMILES string of the molecule is CN1CCC(N(C)C(CN)c2ccncc2)CC1. The van der Waals surface area contributed by atoms with Gasteiger partial charge in [-0.1, -0.05) is 0 Å². The summed E-state index contributed by atoms with van der Waals surface area (Å²) in [4.78, 5) is 8.92. The number of likely N-dealkylation sites (N-methyl/N-ethyl adjacent to an activating group) is 1. The standard InChI is InChI=1S/C14H24N4/c1-17-9-5-13(6-10-17)18(2)14(11-15)12-3-7-16-8-4-12/h3-4,7-8,13-14H,5-6,9-11,15H2,1-2H3. The summed E-state index contributed by atoms with van der Waals surface area (Å²) in [7, 11) is 4.40. The zero-order valence-electron chi connectivity index (χ0n) is 11.4. The van der Waals surface area contributed by atoms with Gasteiger partial charge in [-0.2, -0.15) is 0 Å². The van der Waals surface area contributed by atoms with E-state index in [0.29, 0.717) is 18.6 Å². The van der Waals surface area contributed by atoms with E-state index in [1.165, 1.54) is 31.5 Å². The number of hydrogen-bond donors (Lipinski definition) is 1. The van der Waals surface area contributed by atoms with Crippen molar-refractivity contribution < 1.29 is 0 Å². The van der Waals surface area contributed by atoms with Crippen molar-refractivity contribution in [1.29, 1.82) is 0 Å². The third-order valence-electron chi connectivity index (χ3n) is 4.07. The average Bonchev–Trinajstić information content (AvgIpc) is 2.41. The van der Waals surface area contributed by atoms with Crippen LogP contribution in [-0.2, 0) is 0 Å². The number of likely N-dealkylation sites (tertiary alicyclic amines) is 1. The first-order valence-electron chi connectivity index (χ1n) is 6.73. The normalized spacial score (nSPS) is 20.2. The second kappa shape index (κ2) is 6.27. The van der Waals surface area contributed by atoms with Crippen LogP contribution in [0.4, 0.5) is 0 Å². The molecule has 0 saturated carbocycles.